The topological polar surface area (TPSA) is 93.9 Å². The number of hydrogen-bond acceptors (Lipinski definition) is 8. The Bertz CT molecular complexity index is 606. The average molecular weight is 382 g/mol. The van der Waals surface area contributed by atoms with Crippen LogP contribution in [0.3, 0.4) is 0 Å². The third-order valence-corrected chi connectivity index (χ3v) is 7.15. The lowest BCUT2D eigenvalue weighted by molar-refractivity contribution is 0.0658. The number of nitrogens with one attached hydrogen (secondary N) is 1. The van der Waals surface area contributed by atoms with Gasteiger partial charge >= 0.3 is 0 Å². The maximum Gasteiger partial charge on any atom is 0.247 e. The molecule has 1 aliphatic heterocycles. The van der Waals surface area contributed by atoms with Crippen molar-refractivity contribution < 1.29 is 17.9 Å². The van der Waals surface area contributed by atoms with E-state index < -0.39 is 10.0 Å². The zero-order chi connectivity index (χ0) is 16.9. The van der Waals surface area contributed by atoms with Crippen molar-refractivity contribution in [1.82, 2.24) is 9.62 Å². The van der Waals surface area contributed by atoms with Crippen LogP contribution in [0, 0.1) is 0 Å². The van der Waals surface area contributed by atoms with Crippen LogP contribution >= 0.6 is 23.3 Å². The van der Waals surface area contributed by atoms with Crippen LogP contribution < -0.4 is 10.5 Å². The van der Waals surface area contributed by atoms with E-state index in [0.717, 1.165) is 29.4 Å². The number of sulfonamides is 1. The minimum absolute atomic E-state index is 0.0991. The monoisotopic (exact) mass is 381 g/mol. The fraction of sp³-hybridized carbons (Fsp3) is 0.692. The molecule has 1 aliphatic rings. The molecule has 0 saturated heterocycles. The van der Waals surface area contributed by atoms with Gasteiger partial charge in [0.2, 0.25) is 10.0 Å². The van der Waals surface area contributed by atoms with Crippen LogP contribution in [-0.4, -0.2) is 59.3 Å². The lowest BCUT2D eigenvalue weighted by Crippen LogP contribution is -2.36. The van der Waals surface area contributed by atoms with E-state index in [1.54, 1.807) is 25.1 Å². The molecule has 1 aromatic heterocycles. The fourth-order valence-electron chi connectivity index (χ4n) is 2.25. The first-order chi connectivity index (χ1) is 11.0. The lowest BCUT2D eigenvalue weighted by Gasteiger charge is -2.31. The average Bonchev–Trinajstić information content (AvgIpc) is 2.92. The molecule has 132 valence electrons. The third kappa shape index (κ3) is 5.40. The summed E-state index contributed by atoms with van der Waals surface area (Å²) in [5.41, 5.74) is 1.02. The smallest absolute Gasteiger partial charge is 0.247 e. The van der Waals surface area contributed by atoms with Gasteiger partial charge in [-0.1, -0.05) is 6.92 Å². The van der Waals surface area contributed by atoms with E-state index in [1.807, 2.05) is 6.92 Å². The van der Waals surface area contributed by atoms with E-state index in [2.05, 4.69) is 9.62 Å². The highest BCUT2D eigenvalue weighted by Crippen LogP contribution is 2.43. The van der Waals surface area contributed by atoms with Crippen molar-refractivity contribution in [2.75, 3.05) is 46.6 Å². The van der Waals surface area contributed by atoms with Gasteiger partial charge in [0.05, 0.1) is 24.0 Å². The number of thiophene rings is 1. The predicted octanol–water partition coefficient (Wildman–Crippen LogP) is 1.03. The Kier molecular flexibility index (Phi) is 7.29. The molecule has 0 aliphatic carbocycles. The molecule has 2 heterocycles. The summed E-state index contributed by atoms with van der Waals surface area (Å²) in [5.74, 6) is 0. The molecule has 10 heteroatoms. The number of ether oxygens (including phenoxy) is 2. The summed E-state index contributed by atoms with van der Waals surface area (Å²) in [4.78, 5) is 0. The van der Waals surface area contributed by atoms with Gasteiger partial charge in [0.15, 0.2) is 0 Å². The van der Waals surface area contributed by atoms with E-state index in [-0.39, 0.29) is 10.3 Å². The van der Waals surface area contributed by atoms with Crippen molar-refractivity contribution in [2.24, 2.45) is 5.14 Å². The summed E-state index contributed by atoms with van der Waals surface area (Å²) in [6.45, 7) is 6.17. The van der Waals surface area contributed by atoms with Crippen molar-refractivity contribution in [3.05, 3.63) is 11.6 Å². The number of fused-ring (bicyclic) bond motifs is 1. The number of primary sulfonamides is 1. The molecule has 1 unspecified atom stereocenters. The molecule has 2 rings (SSSR count). The van der Waals surface area contributed by atoms with Gasteiger partial charge < -0.3 is 14.8 Å². The maximum atomic E-state index is 11.6. The van der Waals surface area contributed by atoms with Crippen LogP contribution in [0.1, 0.15) is 18.5 Å². The van der Waals surface area contributed by atoms with Crippen LogP contribution in [0.25, 0.3) is 0 Å². The van der Waals surface area contributed by atoms with Gasteiger partial charge in [-0.3, -0.25) is 0 Å². The van der Waals surface area contributed by atoms with Crippen LogP contribution in [0.4, 0.5) is 0 Å². The third-order valence-electron chi connectivity index (χ3n) is 3.32. The van der Waals surface area contributed by atoms with Gasteiger partial charge in [0.1, 0.15) is 4.21 Å². The van der Waals surface area contributed by atoms with Gasteiger partial charge in [-0.25, -0.2) is 17.9 Å². The molecule has 0 fully saturated rings. The fourth-order valence-corrected chi connectivity index (χ4v) is 5.76. The number of likely N-dealkylation sites (N-methyl/N-ethyl adjacent to an activating group) is 1. The van der Waals surface area contributed by atoms with E-state index in [4.69, 9.17) is 14.6 Å². The molecule has 7 nitrogen and oxygen atoms in total. The molecular formula is C13H23N3O4S3. The Morgan fingerprint density at radius 1 is 1.43 bits per heavy atom. The van der Waals surface area contributed by atoms with Crippen molar-refractivity contribution in [2.45, 2.75) is 21.4 Å². The van der Waals surface area contributed by atoms with Gasteiger partial charge in [-0.15, -0.1) is 11.3 Å². The second-order valence-corrected chi connectivity index (χ2v) is 9.25. The molecule has 0 bridgehead atoms. The molecule has 1 aromatic rings. The molecule has 0 saturated carbocycles. The van der Waals surface area contributed by atoms with Gasteiger partial charge in [-0.2, -0.15) is 0 Å². The first-order valence-electron chi connectivity index (χ1n) is 7.35. The number of hydrogen-bond donors (Lipinski definition) is 2. The van der Waals surface area contributed by atoms with E-state index in [1.165, 1.54) is 11.3 Å². The summed E-state index contributed by atoms with van der Waals surface area (Å²) in [6, 6.07) is 1.80. The standard InChI is InChI=1S/C13H23N3O4S3/c1-3-15-11-9-16(4-5-20-7-6-19-2)22-13-10(11)8-12(21-13)23(14,17)18/h8,11,15H,3-7,9H2,1-2H3,(H2,14,17,18). The van der Waals surface area contributed by atoms with Crippen molar-refractivity contribution in [3.63, 3.8) is 0 Å². The van der Waals surface area contributed by atoms with E-state index in [0.29, 0.717) is 19.8 Å². The number of methoxy groups -OCH3 is 1. The lowest BCUT2D eigenvalue weighted by atomic mass is 10.1. The van der Waals surface area contributed by atoms with E-state index in [9.17, 15) is 8.42 Å². The molecule has 3 N–H and O–H groups in total. The molecule has 0 spiro atoms. The molecule has 0 aromatic carbocycles. The summed E-state index contributed by atoms with van der Waals surface area (Å²) in [6.07, 6.45) is 0. The highest BCUT2D eigenvalue weighted by molar-refractivity contribution is 7.99. The van der Waals surface area contributed by atoms with Crippen molar-refractivity contribution >= 4 is 33.3 Å². The summed E-state index contributed by atoms with van der Waals surface area (Å²) in [7, 11) is -2.01. The Morgan fingerprint density at radius 3 is 2.87 bits per heavy atom. The highest BCUT2D eigenvalue weighted by atomic mass is 32.3. The molecule has 1 atom stereocenters. The van der Waals surface area contributed by atoms with Crippen LogP contribution in [-0.2, 0) is 19.5 Å². The number of nitrogens with zero attached hydrogens (tertiary/aromatic N) is 1. The molecule has 0 radical (unpaired) electrons. The maximum absolute atomic E-state index is 11.6. The Morgan fingerprint density at radius 2 is 2.22 bits per heavy atom. The van der Waals surface area contributed by atoms with E-state index >= 15 is 0 Å². The normalized spacial score (nSPS) is 19.0. The minimum Gasteiger partial charge on any atom is -0.382 e. The van der Waals surface area contributed by atoms with Gasteiger partial charge in [-0.05, 0) is 30.1 Å². The molecule has 0 amide bonds. The van der Waals surface area contributed by atoms with Gasteiger partial charge in [0.25, 0.3) is 0 Å². The largest absolute Gasteiger partial charge is 0.382 e. The Hall–Kier alpha value is -0.200. The van der Waals surface area contributed by atoms with Crippen LogP contribution in [0.15, 0.2) is 14.5 Å². The minimum atomic E-state index is -3.66. The van der Waals surface area contributed by atoms with Gasteiger partial charge in [0, 0.05) is 26.2 Å². The SMILES string of the molecule is CCNC1CN(CCOCCOC)Sc2sc(S(N)(=O)=O)cc21. The van der Waals surface area contributed by atoms with Crippen LogP contribution in [0.2, 0.25) is 0 Å². The summed E-state index contributed by atoms with van der Waals surface area (Å²) >= 11 is 2.80. The number of rotatable bonds is 9. The zero-order valence-corrected chi connectivity index (χ0v) is 15.7. The second-order valence-electron chi connectivity index (χ2n) is 5.05. The first-order valence-corrected chi connectivity index (χ1v) is 10.5. The second kappa shape index (κ2) is 8.77. The number of nitrogens with two attached hydrogens (primary N) is 1. The van der Waals surface area contributed by atoms with Crippen LogP contribution in [0.5, 0.6) is 0 Å². The van der Waals surface area contributed by atoms with Crippen molar-refractivity contribution in [1.29, 1.82) is 0 Å². The quantitative estimate of drug-likeness (QED) is 0.487. The zero-order valence-electron chi connectivity index (χ0n) is 13.3. The Balaban J connectivity index is 2.04. The predicted molar refractivity (Wildman–Crippen MR) is 92.2 cm³/mol. The highest BCUT2D eigenvalue weighted by Gasteiger charge is 2.29. The summed E-state index contributed by atoms with van der Waals surface area (Å²) in [5, 5.41) is 8.66. The summed E-state index contributed by atoms with van der Waals surface area (Å²) < 4.78 is 37.0. The first kappa shape index (κ1) is 19.1. The molecule has 23 heavy (non-hydrogen) atoms. The Labute approximate surface area is 145 Å². The van der Waals surface area contributed by atoms with Crippen molar-refractivity contribution in [3.8, 4) is 0 Å². The molecular weight excluding hydrogens is 358 g/mol.